The fraction of sp³-hybridized carbons (Fsp3) is 0.150. The van der Waals surface area contributed by atoms with Crippen LogP contribution in [0.5, 0.6) is 0 Å². The SMILES string of the molecule is CN(NC(=O)CSNN(C)C(=S)c1csc2ccccc12)C(=S)c1ccccc1. The van der Waals surface area contributed by atoms with Gasteiger partial charge < -0.3 is 0 Å². The van der Waals surface area contributed by atoms with E-state index in [-0.39, 0.29) is 11.7 Å². The molecule has 2 N–H and O–H groups in total. The van der Waals surface area contributed by atoms with Gasteiger partial charge in [0.15, 0.2) is 0 Å². The lowest BCUT2D eigenvalue weighted by Gasteiger charge is -2.22. The van der Waals surface area contributed by atoms with E-state index < -0.39 is 0 Å². The highest BCUT2D eigenvalue weighted by Gasteiger charge is 2.14. The molecular weight excluding hydrogens is 441 g/mol. The minimum absolute atomic E-state index is 0.163. The zero-order chi connectivity index (χ0) is 20.8. The summed E-state index contributed by atoms with van der Waals surface area (Å²) in [6, 6.07) is 17.7. The molecule has 9 heteroatoms. The Kier molecular flexibility index (Phi) is 7.57. The van der Waals surface area contributed by atoms with Crippen LogP contribution in [0.4, 0.5) is 0 Å². The maximum atomic E-state index is 12.2. The van der Waals surface area contributed by atoms with E-state index in [0.29, 0.717) is 9.98 Å². The number of rotatable bonds is 6. The number of benzene rings is 2. The predicted octanol–water partition coefficient (Wildman–Crippen LogP) is 4.00. The van der Waals surface area contributed by atoms with Crippen molar-refractivity contribution in [2.75, 3.05) is 19.8 Å². The maximum Gasteiger partial charge on any atom is 0.249 e. The van der Waals surface area contributed by atoms with Crippen LogP contribution < -0.4 is 10.3 Å². The van der Waals surface area contributed by atoms with E-state index in [9.17, 15) is 4.79 Å². The van der Waals surface area contributed by atoms with E-state index in [2.05, 4.69) is 27.8 Å². The van der Waals surface area contributed by atoms with Gasteiger partial charge in [-0.15, -0.1) is 11.3 Å². The van der Waals surface area contributed by atoms with E-state index in [0.717, 1.165) is 16.5 Å². The second-order valence-electron chi connectivity index (χ2n) is 6.15. The van der Waals surface area contributed by atoms with Crippen molar-refractivity contribution in [1.29, 1.82) is 0 Å². The first kappa shape index (κ1) is 21.7. The molecule has 0 aliphatic heterocycles. The van der Waals surface area contributed by atoms with Crippen molar-refractivity contribution in [2.45, 2.75) is 0 Å². The molecule has 2 aromatic carbocycles. The van der Waals surface area contributed by atoms with E-state index in [4.69, 9.17) is 24.4 Å². The van der Waals surface area contributed by atoms with E-state index in [1.807, 2.05) is 49.5 Å². The first-order valence-electron chi connectivity index (χ1n) is 8.71. The molecule has 0 radical (unpaired) electrons. The fourth-order valence-corrected chi connectivity index (χ4v) is 4.62. The molecule has 1 amide bonds. The number of nitrogens with one attached hydrogen (secondary N) is 2. The van der Waals surface area contributed by atoms with Crippen molar-refractivity contribution in [3.05, 3.63) is 71.1 Å². The van der Waals surface area contributed by atoms with E-state index in [1.54, 1.807) is 28.4 Å². The molecule has 0 unspecified atom stereocenters. The summed E-state index contributed by atoms with van der Waals surface area (Å²) in [5, 5.41) is 6.50. The molecule has 1 aromatic heterocycles. The van der Waals surface area contributed by atoms with Gasteiger partial charge in [-0.2, -0.15) is 4.83 Å². The Morgan fingerprint density at radius 3 is 2.45 bits per heavy atom. The standard InChI is InChI=1S/C20H20N4OS4/c1-23(19(26)14-8-4-3-5-9-14)21-18(25)13-29-22-24(2)20(27)16-12-28-17-11-7-6-10-15(16)17/h3-12,22H,13H2,1-2H3,(H,21,25). The quantitative estimate of drug-likeness (QED) is 0.328. The number of thiocarbonyl (C=S) groups is 2. The highest BCUT2D eigenvalue weighted by Crippen LogP contribution is 2.26. The summed E-state index contributed by atoms with van der Waals surface area (Å²) < 4.78 is 1.20. The maximum absolute atomic E-state index is 12.2. The van der Waals surface area contributed by atoms with E-state index >= 15 is 0 Å². The number of hydrazine groups is 2. The molecule has 0 fully saturated rings. The van der Waals surface area contributed by atoms with Crippen molar-refractivity contribution < 1.29 is 4.79 Å². The highest BCUT2D eigenvalue weighted by atomic mass is 32.2. The third-order valence-corrected chi connectivity index (χ3v) is 6.81. The molecule has 5 nitrogen and oxygen atoms in total. The second kappa shape index (κ2) is 10.1. The van der Waals surface area contributed by atoms with Gasteiger partial charge in [0.2, 0.25) is 5.91 Å². The Bertz CT molecular complexity index is 1020. The average Bonchev–Trinajstić information content (AvgIpc) is 3.17. The molecule has 1 heterocycles. The first-order chi connectivity index (χ1) is 14.0. The van der Waals surface area contributed by atoms with Crippen molar-refractivity contribution >= 4 is 73.7 Å². The number of nitrogens with zero attached hydrogens (tertiary/aromatic N) is 2. The van der Waals surface area contributed by atoms with Crippen LogP contribution in [0.3, 0.4) is 0 Å². The average molecular weight is 461 g/mol. The van der Waals surface area contributed by atoms with Gasteiger partial charge in [0.05, 0.1) is 5.75 Å². The zero-order valence-corrected chi connectivity index (χ0v) is 19.2. The van der Waals surface area contributed by atoms with Crippen LogP contribution in [0, 0.1) is 0 Å². The normalized spacial score (nSPS) is 10.6. The summed E-state index contributed by atoms with van der Waals surface area (Å²) in [7, 11) is 3.57. The number of hydrogen-bond acceptors (Lipinski definition) is 6. The summed E-state index contributed by atoms with van der Waals surface area (Å²) in [5.41, 5.74) is 4.66. The topological polar surface area (TPSA) is 47.6 Å². The number of carbonyl (C=O) groups excluding carboxylic acids is 1. The van der Waals surface area contributed by atoms with Gasteiger partial charge in [-0.05, 0) is 6.07 Å². The Morgan fingerprint density at radius 2 is 1.69 bits per heavy atom. The van der Waals surface area contributed by atoms with Gasteiger partial charge in [0.1, 0.15) is 9.98 Å². The minimum Gasteiger partial charge on any atom is -0.291 e. The molecule has 150 valence electrons. The largest absolute Gasteiger partial charge is 0.291 e. The molecule has 3 aromatic rings. The van der Waals surface area contributed by atoms with Gasteiger partial charge in [-0.1, -0.05) is 84.9 Å². The molecular formula is C20H20N4OS4. The Labute approximate surface area is 189 Å². The number of amides is 1. The van der Waals surface area contributed by atoms with Gasteiger partial charge >= 0.3 is 0 Å². The summed E-state index contributed by atoms with van der Waals surface area (Å²) in [6.07, 6.45) is 0. The number of thiophene rings is 1. The molecule has 0 bridgehead atoms. The minimum atomic E-state index is -0.163. The lowest BCUT2D eigenvalue weighted by molar-refractivity contribution is -0.121. The van der Waals surface area contributed by atoms with E-state index in [1.165, 1.54) is 16.6 Å². The molecule has 0 saturated heterocycles. The van der Waals surface area contributed by atoms with Crippen molar-refractivity contribution in [2.24, 2.45) is 0 Å². The van der Waals surface area contributed by atoms with Crippen LogP contribution >= 0.6 is 47.7 Å². The number of fused-ring (bicyclic) bond motifs is 1. The molecule has 0 aliphatic carbocycles. The van der Waals surface area contributed by atoms with Gasteiger partial charge in [0.25, 0.3) is 0 Å². The van der Waals surface area contributed by atoms with Crippen molar-refractivity contribution in [3.8, 4) is 0 Å². The summed E-state index contributed by atoms with van der Waals surface area (Å²) in [5.74, 6) is 0.0441. The zero-order valence-electron chi connectivity index (χ0n) is 15.9. The van der Waals surface area contributed by atoms with Gasteiger partial charge in [-0.25, -0.2) is 0 Å². The fourth-order valence-electron chi connectivity index (χ4n) is 2.60. The third kappa shape index (κ3) is 5.52. The third-order valence-electron chi connectivity index (χ3n) is 4.04. The summed E-state index contributed by atoms with van der Waals surface area (Å²) in [4.78, 5) is 16.6. The smallest absolute Gasteiger partial charge is 0.249 e. The molecule has 0 spiro atoms. The van der Waals surface area contributed by atoms with Crippen LogP contribution in [0.25, 0.3) is 10.1 Å². The molecule has 0 atom stereocenters. The van der Waals surface area contributed by atoms with Gasteiger partial charge in [0, 0.05) is 40.7 Å². The Morgan fingerprint density at radius 1 is 1.00 bits per heavy atom. The summed E-state index contributed by atoms with van der Waals surface area (Å²) in [6.45, 7) is 0. The number of carbonyl (C=O) groups is 1. The van der Waals surface area contributed by atoms with Crippen LogP contribution in [0.1, 0.15) is 11.1 Å². The Hall–Kier alpha value is -2.04. The molecule has 3 rings (SSSR count). The van der Waals surface area contributed by atoms with Crippen molar-refractivity contribution in [1.82, 2.24) is 20.3 Å². The predicted molar refractivity (Wildman–Crippen MR) is 131 cm³/mol. The van der Waals surface area contributed by atoms with Crippen LogP contribution in [0.15, 0.2) is 60.0 Å². The first-order valence-corrected chi connectivity index (χ1v) is 11.4. The lowest BCUT2D eigenvalue weighted by atomic mass is 10.2. The monoisotopic (exact) mass is 460 g/mol. The summed E-state index contributed by atoms with van der Waals surface area (Å²) >= 11 is 13.9. The highest BCUT2D eigenvalue weighted by molar-refractivity contribution is 7.98. The molecule has 0 aliphatic rings. The lowest BCUT2D eigenvalue weighted by Crippen LogP contribution is -2.44. The number of hydrogen-bond donors (Lipinski definition) is 2. The van der Waals surface area contributed by atoms with Gasteiger partial charge in [-0.3, -0.25) is 20.2 Å². The molecule has 29 heavy (non-hydrogen) atoms. The Balaban J connectivity index is 1.47. The van der Waals surface area contributed by atoms with Crippen LogP contribution in [-0.2, 0) is 4.79 Å². The van der Waals surface area contributed by atoms with Crippen molar-refractivity contribution in [3.63, 3.8) is 0 Å². The molecule has 0 saturated carbocycles. The van der Waals surface area contributed by atoms with Crippen LogP contribution in [0.2, 0.25) is 0 Å². The second-order valence-corrected chi connectivity index (χ2v) is 8.60. The van der Waals surface area contributed by atoms with Crippen LogP contribution in [-0.4, -0.2) is 45.8 Å².